The molecule has 4 heteroatoms. The van der Waals surface area contributed by atoms with Gasteiger partial charge in [-0.3, -0.25) is 0 Å². The lowest BCUT2D eigenvalue weighted by atomic mass is 10.0. The van der Waals surface area contributed by atoms with Gasteiger partial charge in [0, 0.05) is 6.42 Å². The van der Waals surface area contributed by atoms with Crippen molar-refractivity contribution >= 4 is 5.97 Å². The first-order chi connectivity index (χ1) is 13.0. The van der Waals surface area contributed by atoms with E-state index in [0.717, 1.165) is 77.3 Å². The quantitative estimate of drug-likeness (QED) is 0.185. The first kappa shape index (κ1) is 26.1. The summed E-state index contributed by atoms with van der Waals surface area (Å²) in [5.41, 5.74) is 0. The number of carbonyl (C=O) groups is 1. The number of aliphatic carboxylic acids is 1. The molecule has 0 rings (SSSR count). The van der Waals surface area contributed by atoms with Crippen LogP contribution in [0.2, 0.25) is 0 Å². The summed E-state index contributed by atoms with van der Waals surface area (Å²) in [6.07, 6.45) is 14.7. The van der Waals surface area contributed by atoms with Crippen LogP contribution in [-0.2, 0) is 4.79 Å². The molecule has 2 N–H and O–H groups in total. The highest BCUT2D eigenvalue weighted by Gasteiger charge is 2.41. The van der Waals surface area contributed by atoms with Gasteiger partial charge in [-0.25, -0.2) is 4.79 Å². The van der Waals surface area contributed by atoms with Crippen molar-refractivity contribution in [3.8, 4) is 0 Å². The lowest BCUT2D eigenvalue weighted by Crippen LogP contribution is -2.62. The van der Waals surface area contributed by atoms with E-state index in [4.69, 9.17) is 0 Å². The summed E-state index contributed by atoms with van der Waals surface area (Å²) in [5, 5.41) is 20.7. The third kappa shape index (κ3) is 10.9. The summed E-state index contributed by atoms with van der Waals surface area (Å²) in [4.78, 5) is 12.2. The van der Waals surface area contributed by atoms with E-state index in [1.54, 1.807) is 0 Å². The average molecular weight is 385 g/mol. The molecule has 0 amide bonds. The Morgan fingerprint density at radius 1 is 0.889 bits per heavy atom. The fourth-order valence-corrected chi connectivity index (χ4v) is 4.00. The number of allylic oxidation sites excluding steroid dienone is 1. The standard InChI is InChI=1S/C23H45NO3/c1-5-9-12-13-17-21(25)20-24(18-14-10-6-2,19-15-11-7-3)22(16-8-4)23(26)27/h13,17,21-22,25H,5-12,14-16,18-20H2,1-4H3/p+1/b17-13+. The van der Waals surface area contributed by atoms with Crippen molar-refractivity contribution in [3.63, 3.8) is 0 Å². The zero-order valence-electron chi connectivity index (χ0n) is 18.5. The molecule has 0 spiro atoms. The molecule has 0 aliphatic rings. The maximum absolute atomic E-state index is 12.2. The van der Waals surface area contributed by atoms with Gasteiger partial charge in [0.15, 0.2) is 6.04 Å². The highest BCUT2D eigenvalue weighted by Crippen LogP contribution is 2.24. The third-order valence-electron chi connectivity index (χ3n) is 5.56. The van der Waals surface area contributed by atoms with Crippen molar-refractivity contribution < 1.29 is 19.5 Å². The Morgan fingerprint density at radius 3 is 1.89 bits per heavy atom. The van der Waals surface area contributed by atoms with Gasteiger partial charge in [-0.1, -0.05) is 65.5 Å². The van der Waals surface area contributed by atoms with Gasteiger partial charge in [-0.15, -0.1) is 0 Å². The molecule has 0 heterocycles. The molecule has 2 unspecified atom stereocenters. The lowest BCUT2D eigenvalue weighted by Gasteiger charge is -2.44. The predicted molar refractivity (Wildman–Crippen MR) is 115 cm³/mol. The molecule has 4 nitrogen and oxygen atoms in total. The lowest BCUT2D eigenvalue weighted by molar-refractivity contribution is -0.946. The van der Waals surface area contributed by atoms with Gasteiger partial charge < -0.3 is 14.7 Å². The Kier molecular flexibility index (Phi) is 15.6. The molecule has 27 heavy (non-hydrogen) atoms. The number of quaternary nitrogens is 1. The number of aliphatic hydroxyl groups is 1. The molecule has 0 saturated heterocycles. The topological polar surface area (TPSA) is 57.5 Å². The fourth-order valence-electron chi connectivity index (χ4n) is 4.00. The zero-order valence-corrected chi connectivity index (χ0v) is 18.5. The van der Waals surface area contributed by atoms with E-state index in [2.05, 4.69) is 33.8 Å². The van der Waals surface area contributed by atoms with Gasteiger partial charge in [-0.05, 0) is 38.5 Å². The van der Waals surface area contributed by atoms with Crippen LogP contribution in [0.15, 0.2) is 12.2 Å². The van der Waals surface area contributed by atoms with Gasteiger partial charge in [0.25, 0.3) is 0 Å². The molecule has 0 saturated carbocycles. The van der Waals surface area contributed by atoms with E-state index in [1.165, 1.54) is 0 Å². The molecule has 0 radical (unpaired) electrons. The number of rotatable bonds is 18. The van der Waals surface area contributed by atoms with Crippen molar-refractivity contribution in [3.05, 3.63) is 12.2 Å². The van der Waals surface area contributed by atoms with Crippen molar-refractivity contribution in [1.82, 2.24) is 0 Å². The van der Waals surface area contributed by atoms with E-state index in [9.17, 15) is 15.0 Å². The van der Waals surface area contributed by atoms with E-state index >= 15 is 0 Å². The van der Waals surface area contributed by atoms with E-state index in [0.29, 0.717) is 17.4 Å². The van der Waals surface area contributed by atoms with Crippen molar-refractivity contribution in [1.29, 1.82) is 0 Å². The molecule has 0 aromatic carbocycles. The third-order valence-corrected chi connectivity index (χ3v) is 5.56. The number of aliphatic hydroxyl groups excluding tert-OH is 1. The Labute approximate surface area is 168 Å². The number of hydrogen-bond acceptors (Lipinski definition) is 2. The van der Waals surface area contributed by atoms with Gasteiger partial charge in [0.2, 0.25) is 0 Å². The van der Waals surface area contributed by atoms with E-state index < -0.39 is 18.1 Å². The van der Waals surface area contributed by atoms with E-state index in [1.807, 2.05) is 6.08 Å². The summed E-state index contributed by atoms with van der Waals surface area (Å²) in [6, 6.07) is -0.414. The molecule has 0 aliphatic heterocycles. The number of unbranched alkanes of at least 4 members (excludes halogenated alkanes) is 6. The molecule has 0 bridgehead atoms. The van der Waals surface area contributed by atoms with Crippen LogP contribution in [0.1, 0.15) is 98.3 Å². The predicted octanol–water partition coefficient (Wildman–Crippen LogP) is 5.54. The summed E-state index contributed by atoms with van der Waals surface area (Å²) >= 11 is 0. The van der Waals surface area contributed by atoms with Crippen LogP contribution < -0.4 is 0 Å². The molecule has 2 atom stereocenters. The largest absolute Gasteiger partial charge is 0.477 e. The highest BCUT2D eigenvalue weighted by molar-refractivity contribution is 5.72. The Bertz CT molecular complexity index is 385. The van der Waals surface area contributed by atoms with Crippen LogP contribution in [-0.4, -0.2) is 52.4 Å². The van der Waals surface area contributed by atoms with Gasteiger partial charge in [-0.2, -0.15) is 0 Å². The second kappa shape index (κ2) is 16.1. The van der Waals surface area contributed by atoms with Crippen molar-refractivity contribution in [2.75, 3.05) is 19.6 Å². The Balaban J connectivity index is 5.49. The van der Waals surface area contributed by atoms with Gasteiger partial charge in [0.05, 0.1) is 13.1 Å². The van der Waals surface area contributed by atoms with Crippen LogP contribution in [0.3, 0.4) is 0 Å². The highest BCUT2D eigenvalue weighted by atomic mass is 16.4. The maximum Gasteiger partial charge on any atom is 0.362 e. The number of nitrogens with zero attached hydrogens (tertiary/aromatic N) is 1. The minimum absolute atomic E-state index is 0.414. The number of hydrogen-bond donors (Lipinski definition) is 2. The Morgan fingerprint density at radius 2 is 1.44 bits per heavy atom. The molecule has 0 aliphatic carbocycles. The number of carboxylic acid groups (broad SMARTS) is 1. The minimum Gasteiger partial charge on any atom is -0.477 e. The molecule has 0 aromatic heterocycles. The van der Waals surface area contributed by atoms with Crippen molar-refractivity contribution in [2.45, 2.75) is 110 Å². The molecule has 0 aromatic rings. The monoisotopic (exact) mass is 384 g/mol. The van der Waals surface area contributed by atoms with E-state index in [-0.39, 0.29) is 0 Å². The SMILES string of the molecule is CCCC/C=C/C(O)C[N+](CCCCC)(CCCCC)C(CCC)C(=O)O. The van der Waals surface area contributed by atoms with Gasteiger partial charge in [0.1, 0.15) is 12.6 Å². The minimum atomic E-state index is -0.702. The molecule has 0 fully saturated rings. The van der Waals surface area contributed by atoms with Gasteiger partial charge >= 0.3 is 5.97 Å². The Hall–Kier alpha value is -0.870. The summed E-state index contributed by atoms with van der Waals surface area (Å²) in [6.45, 7) is 10.8. The normalized spacial score (nSPS) is 14.6. The first-order valence-electron chi connectivity index (χ1n) is 11.4. The fraction of sp³-hybridized carbons (Fsp3) is 0.870. The van der Waals surface area contributed by atoms with Crippen LogP contribution in [0.5, 0.6) is 0 Å². The maximum atomic E-state index is 12.2. The summed E-state index contributed by atoms with van der Waals surface area (Å²) in [7, 11) is 0. The molecular formula is C23H46NO3+. The average Bonchev–Trinajstić information content (AvgIpc) is 2.63. The van der Waals surface area contributed by atoms with Crippen LogP contribution in [0.25, 0.3) is 0 Å². The second-order valence-corrected chi connectivity index (χ2v) is 8.04. The second-order valence-electron chi connectivity index (χ2n) is 8.04. The van der Waals surface area contributed by atoms with Crippen molar-refractivity contribution in [2.24, 2.45) is 0 Å². The molecular weight excluding hydrogens is 338 g/mol. The summed E-state index contributed by atoms with van der Waals surface area (Å²) < 4.78 is 0.530. The molecule has 160 valence electrons. The number of carboxylic acids is 1. The van der Waals surface area contributed by atoms with Crippen LogP contribution in [0.4, 0.5) is 0 Å². The van der Waals surface area contributed by atoms with Crippen LogP contribution >= 0.6 is 0 Å². The van der Waals surface area contributed by atoms with Crippen LogP contribution in [0, 0.1) is 0 Å². The first-order valence-corrected chi connectivity index (χ1v) is 11.4. The summed E-state index contributed by atoms with van der Waals surface area (Å²) in [5.74, 6) is -0.702. The smallest absolute Gasteiger partial charge is 0.362 e. The zero-order chi connectivity index (χ0) is 20.5.